The molecule has 19 heavy (non-hydrogen) atoms. The molecular weight excluding hydrogens is 266 g/mol. The molecule has 0 saturated heterocycles. The van der Waals surface area contributed by atoms with Crippen LogP contribution in [-0.2, 0) is 9.59 Å². The van der Waals surface area contributed by atoms with Crippen molar-refractivity contribution in [3.8, 4) is 0 Å². The Labute approximate surface area is 116 Å². The average Bonchev–Trinajstić information content (AvgIpc) is 3.08. The number of carboxylic acids is 1. The van der Waals surface area contributed by atoms with Crippen LogP contribution in [0.25, 0.3) is 0 Å². The number of hydrogen-bond donors (Lipinski definition) is 2. The van der Waals surface area contributed by atoms with E-state index < -0.39 is 11.5 Å². The molecule has 1 saturated carbocycles. The fourth-order valence-corrected chi connectivity index (χ4v) is 2.24. The first kappa shape index (κ1) is 13.9. The van der Waals surface area contributed by atoms with Crippen LogP contribution in [0.3, 0.4) is 0 Å². The van der Waals surface area contributed by atoms with Gasteiger partial charge in [-0.25, -0.2) is 4.79 Å². The van der Waals surface area contributed by atoms with Gasteiger partial charge in [-0.1, -0.05) is 23.7 Å². The molecule has 1 amide bonds. The first-order valence-corrected chi connectivity index (χ1v) is 6.50. The third kappa shape index (κ3) is 3.07. The summed E-state index contributed by atoms with van der Waals surface area (Å²) in [5, 5.41) is 12.2. The minimum absolute atomic E-state index is 0.142. The molecule has 0 spiro atoms. The lowest BCUT2D eigenvalue weighted by Gasteiger charge is -2.21. The lowest BCUT2D eigenvalue weighted by atomic mass is 10.0. The summed E-state index contributed by atoms with van der Waals surface area (Å²) < 4.78 is 0. The van der Waals surface area contributed by atoms with Crippen molar-refractivity contribution in [1.29, 1.82) is 0 Å². The molecule has 102 valence electrons. The summed E-state index contributed by atoms with van der Waals surface area (Å²) in [5.74, 6) is -1.27. The molecule has 1 aliphatic rings. The van der Waals surface area contributed by atoms with Crippen LogP contribution in [-0.4, -0.2) is 22.5 Å². The molecule has 0 aliphatic heterocycles. The summed E-state index contributed by atoms with van der Waals surface area (Å²) in [7, 11) is 0. The normalized spacial score (nSPS) is 21.8. The second-order valence-corrected chi connectivity index (χ2v) is 5.86. The zero-order valence-electron chi connectivity index (χ0n) is 10.8. The maximum Gasteiger partial charge on any atom is 0.328 e. The molecule has 0 heterocycles. The van der Waals surface area contributed by atoms with E-state index in [0.29, 0.717) is 5.02 Å². The van der Waals surface area contributed by atoms with Gasteiger partial charge in [-0.05, 0) is 43.9 Å². The standard InChI is InChI=1S/C14H16ClNO3/c1-14(2,13(18)19)16-12(17)11-7-10(11)8-4-3-5-9(15)6-8/h3-6,10-11H,7H2,1-2H3,(H,16,17)(H,18,19). The first-order chi connectivity index (χ1) is 8.81. The van der Waals surface area contributed by atoms with Crippen LogP contribution in [0.2, 0.25) is 5.02 Å². The van der Waals surface area contributed by atoms with Crippen molar-refractivity contribution in [2.75, 3.05) is 0 Å². The number of hydrogen-bond acceptors (Lipinski definition) is 2. The van der Waals surface area contributed by atoms with Gasteiger partial charge in [-0.3, -0.25) is 4.79 Å². The van der Waals surface area contributed by atoms with Crippen molar-refractivity contribution in [1.82, 2.24) is 5.32 Å². The Balaban J connectivity index is 2.00. The molecule has 1 aliphatic carbocycles. The van der Waals surface area contributed by atoms with Gasteiger partial charge in [0.15, 0.2) is 0 Å². The number of amides is 1. The van der Waals surface area contributed by atoms with Crippen molar-refractivity contribution in [3.05, 3.63) is 34.9 Å². The van der Waals surface area contributed by atoms with E-state index in [-0.39, 0.29) is 17.7 Å². The van der Waals surface area contributed by atoms with E-state index in [1.165, 1.54) is 13.8 Å². The van der Waals surface area contributed by atoms with E-state index >= 15 is 0 Å². The molecule has 1 fully saturated rings. The predicted molar refractivity (Wildman–Crippen MR) is 72.2 cm³/mol. The number of benzene rings is 1. The summed E-state index contributed by atoms with van der Waals surface area (Å²) in [6, 6.07) is 7.43. The minimum Gasteiger partial charge on any atom is -0.480 e. The van der Waals surface area contributed by atoms with Crippen molar-refractivity contribution < 1.29 is 14.7 Å². The number of nitrogens with one attached hydrogen (secondary N) is 1. The van der Waals surface area contributed by atoms with Crippen molar-refractivity contribution >= 4 is 23.5 Å². The number of halogens is 1. The average molecular weight is 282 g/mol. The second-order valence-electron chi connectivity index (χ2n) is 5.42. The Morgan fingerprint density at radius 2 is 2.11 bits per heavy atom. The van der Waals surface area contributed by atoms with Gasteiger partial charge in [0, 0.05) is 10.9 Å². The van der Waals surface area contributed by atoms with Crippen LogP contribution >= 0.6 is 11.6 Å². The molecule has 2 atom stereocenters. The first-order valence-electron chi connectivity index (χ1n) is 6.12. The summed E-state index contributed by atoms with van der Waals surface area (Å²) >= 11 is 5.91. The molecule has 0 aromatic heterocycles. The molecule has 2 N–H and O–H groups in total. The quantitative estimate of drug-likeness (QED) is 0.891. The van der Waals surface area contributed by atoms with E-state index in [0.717, 1.165) is 12.0 Å². The maximum atomic E-state index is 12.0. The van der Waals surface area contributed by atoms with E-state index in [1.54, 1.807) is 6.07 Å². The van der Waals surface area contributed by atoms with E-state index in [9.17, 15) is 9.59 Å². The number of aliphatic carboxylic acids is 1. The van der Waals surface area contributed by atoms with E-state index in [4.69, 9.17) is 16.7 Å². The van der Waals surface area contributed by atoms with Gasteiger partial charge in [0.1, 0.15) is 5.54 Å². The molecule has 1 aromatic rings. The van der Waals surface area contributed by atoms with Gasteiger partial charge < -0.3 is 10.4 Å². The van der Waals surface area contributed by atoms with Crippen LogP contribution in [0.5, 0.6) is 0 Å². The van der Waals surface area contributed by atoms with Crippen LogP contribution in [0, 0.1) is 5.92 Å². The Morgan fingerprint density at radius 3 is 2.68 bits per heavy atom. The van der Waals surface area contributed by atoms with Crippen molar-refractivity contribution in [2.45, 2.75) is 31.7 Å². The van der Waals surface area contributed by atoms with Crippen molar-refractivity contribution in [2.24, 2.45) is 5.92 Å². The fraction of sp³-hybridized carbons (Fsp3) is 0.429. The lowest BCUT2D eigenvalue weighted by Crippen LogP contribution is -2.50. The third-order valence-electron chi connectivity index (χ3n) is 3.37. The van der Waals surface area contributed by atoms with Gasteiger partial charge in [-0.2, -0.15) is 0 Å². The summed E-state index contributed by atoms with van der Waals surface area (Å²) in [5.41, 5.74) is -0.209. The molecule has 5 heteroatoms. The van der Waals surface area contributed by atoms with Crippen LogP contribution < -0.4 is 5.32 Å². The molecule has 2 rings (SSSR count). The summed E-state index contributed by atoms with van der Waals surface area (Å²) in [4.78, 5) is 23.0. The number of carbonyl (C=O) groups excluding carboxylic acids is 1. The maximum absolute atomic E-state index is 12.0. The van der Waals surface area contributed by atoms with Crippen LogP contribution in [0.15, 0.2) is 24.3 Å². The van der Waals surface area contributed by atoms with Gasteiger partial charge in [0.05, 0.1) is 0 Å². The Hall–Kier alpha value is -1.55. The highest BCUT2D eigenvalue weighted by Crippen LogP contribution is 2.48. The number of rotatable bonds is 4. The SMILES string of the molecule is CC(C)(NC(=O)C1CC1c1cccc(Cl)c1)C(=O)O. The number of carbonyl (C=O) groups is 2. The lowest BCUT2D eigenvalue weighted by molar-refractivity contribution is -0.146. The van der Waals surface area contributed by atoms with Crippen molar-refractivity contribution in [3.63, 3.8) is 0 Å². The number of carboxylic acid groups (broad SMARTS) is 1. The predicted octanol–water partition coefficient (Wildman–Crippen LogP) is 2.42. The molecule has 0 radical (unpaired) electrons. The zero-order chi connectivity index (χ0) is 14.2. The van der Waals surface area contributed by atoms with Crippen LogP contribution in [0.4, 0.5) is 0 Å². The highest BCUT2D eigenvalue weighted by Gasteiger charge is 2.46. The Morgan fingerprint density at radius 1 is 1.42 bits per heavy atom. The molecular formula is C14H16ClNO3. The highest BCUT2D eigenvalue weighted by molar-refractivity contribution is 6.30. The minimum atomic E-state index is -1.24. The second kappa shape index (κ2) is 4.85. The van der Waals surface area contributed by atoms with E-state index in [1.807, 2.05) is 18.2 Å². The smallest absolute Gasteiger partial charge is 0.328 e. The van der Waals surface area contributed by atoms with E-state index in [2.05, 4.69) is 5.32 Å². The van der Waals surface area contributed by atoms with Gasteiger partial charge in [0.2, 0.25) is 5.91 Å². The highest BCUT2D eigenvalue weighted by atomic mass is 35.5. The Kier molecular flexibility index (Phi) is 3.54. The Bertz CT molecular complexity index is 527. The molecule has 0 bridgehead atoms. The van der Waals surface area contributed by atoms with Gasteiger partial charge in [-0.15, -0.1) is 0 Å². The summed E-state index contributed by atoms with van der Waals surface area (Å²) in [6.45, 7) is 2.95. The van der Waals surface area contributed by atoms with Gasteiger partial charge >= 0.3 is 5.97 Å². The summed E-state index contributed by atoms with van der Waals surface area (Å²) in [6.07, 6.45) is 0.738. The largest absolute Gasteiger partial charge is 0.480 e. The zero-order valence-corrected chi connectivity index (χ0v) is 11.6. The fourth-order valence-electron chi connectivity index (χ4n) is 2.04. The van der Waals surface area contributed by atoms with Gasteiger partial charge in [0.25, 0.3) is 0 Å². The van der Waals surface area contributed by atoms with Crippen LogP contribution in [0.1, 0.15) is 31.7 Å². The molecule has 1 aromatic carbocycles. The topological polar surface area (TPSA) is 66.4 Å². The third-order valence-corrected chi connectivity index (χ3v) is 3.61. The monoisotopic (exact) mass is 281 g/mol. The molecule has 4 nitrogen and oxygen atoms in total. The molecule has 2 unspecified atom stereocenters.